The number of hydrogen-bond acceptors (Lipinski definition) is 3. The Balaban J connectivity index is 2.15. The van der Waals surface area contributed by atoms with Gasteiger partial charge in [0, 0.05) is 18.2 Å². The quantitative estimate of drug-likeness (QED) is 0.789. The lowest BCUT2D eigenvalue weighted by atomic mass is 10.0. The van der Waals surface area contributed by atoms with E-state index in [4.69, 9.17) is 4.74 Å². The van der Waals surface area contributed by atoms with Gasteiger partial charge in [-0.05, 0) is 29.8 Å². The van der Waals surface area contributed by atoms with E-state index < -0.39 is 6.09 Å². The summed E-state index contributed by atoms with van der Waals surface area (Å²) in [4.78, 5) is 24.3. The third-order valence-electron chi connectivity index (χ3n) is 3.35. The van der Waals surface area contributed by atoms with Crippen LogP contribution in [0.5, 0.6) is 0 Å². The van der Waals surface area contributed by atoms with E-state index in [1.165, 1.54) is 4.90 Å². The third kappa shape index (κ3) is 2.43. The zero-order valence-corrected chi connectivity index (χ0v) is 11.4. The topological polar surface area (TPSA) is 46.6 Å². The average molecular weight is 279 g/mol. The molecule has 0 saturated carbocycles. The predicted octanol–water partition coefficient (Wildman–Crippen LogP) is 3.58. The van der Waals surface area contributed by atoms with E-state index in [9.17, 15) is 9.59 Å². The van der Waals surface area contributed by atoms with E-state index in [0.717, 1.165) is 23.1 Å². The molecule has 0 fully saturated rings. The molecule has 2 aromatic rings. The fourth-order valence-corrected chi connectivity index (χ4v) is 2.24. The zero-order valence-electron chi connectivity index (χ0n) is 11.4. The van der Waals surface area contributed by atoms with Crippen molar-refractivity contribution >= 4 is 29.9 Å². The standard InChI is InChI=1S/C17H13NO3/c1-18-15-8-7-13(11-19)9-14(15)16(21-17(18)20)10-12-5-3-2-4-6-12/h2-11H,1H3/b16-10-. The van der Waals surface area contributed by atoms with Crippen LogP contribution < -0.4 is 4.90 Å². The number of rotatable bonds is 2. The lowest BCUT2D eigenvalue weighted by molar-refractivity contribution is 0.112. The number of amides is 1. The van der Waals surface area contributed by atoms with Crippen molar-refractivity contribution < 1.29 is 14.3 Å². The number of cyclic esters (lactones) is 1. The molecule has 0 spiro atoms. The first-order valence-corrected chi connectivity index (χ1v) is 6.51. The van der Waals surface area contributed by atoms with E-state index in [2.05, 4.69) is 0 Å². The minimum Gasteiger partial charge on any atom is -0.409 e. The minimum atomic E-state index is -0.441. The van der Waals surface area contributed by atoms with Crippen molar-refractivity contribution in [2.24, 2.45) is 0 Å². The molecule has 0 saturated heterocycles. The zero-order chi connectivity index (χ0) is 14.8. The van der Waals surface area contributed by atoms with Crippen molar-refractivity contribution in [1.29, 1.82) is 0 Å². The van der Waals surface area contributed by atoms with Crippen LogP contribution in [-0.2, 0) is 4.74 Å². The molecular formula is C17H13NO3. The van der Waals surface area contributed by atoms with Gasteiger partial charge >= 0.3 is 6.09 Å². The summed E-state index contributed by atoms with van der Waals surface area (Å²) in [6, 6.07) is 14.7. The third-order valence-corrected chi connectivity index (χ3v) is 3.35. The van der Waals surface area contributed by atoms with Crippen molar-refractivity contribution in [1.82, 2.24) is 0 Å². The Morgan fingerprint density at radius 1 is 1.05 bits per heavy atom. The van der Waals surface area contributed by atoms with Gasteiger partial charge in [0.15, 0.2) is 0 Å². The monoisotopic (exact) mass is 279 g/mol. The molecule has 104 valence electrons. The van der Waals surface area contributed by atoms with Crippen LogP contribution in [0, 0.1) is 0 Å². The SMILES string of the molecule is CN1C(=O)O/C(=C\c2ccccc2)c2cc(C=O)ccc21. The fraction of sp³-hybridized carbons (Fsp3) is 0.0588. The maximum absolute atomic E-state index is 11.9. The van der Waals surface area contributed by atoms with Crippen LogP contribution in [0.4, 0.5) is 10.5 Å². The highest BCUT2D eigenvalue weighted by atomic mass is 16.6. The highest BCUT2D eigenvalue weighted by Gasteiger charge is 2.26. The lowest BCUT2D eigenvalue weighted by Crippen LogP contribution is -2.31. The largest absolute Gasteiger partial charge is 0.419 e. The summed E-state index contributed by atoms with van der Waals surface area (Å²) in [5.74, 6) is 0.447. The number of carbonyl (C=O) groups excluding carboxylic acids is 2. The van der Waals surface area contributed by atoms with Gasteiger partial charge in [-0.2, -0.15) is 0 Å². The molecule has 0 unspecified atom stereocenters. The van der Waals surface area contributed by atoms with Gasteiger partial charge < -0.3 is 4.74 Å². The molecule has 3 rings (SSSR count). The first kappa shape index (κ1) is 13.1. The molecule has 21 heavy (non-hydrogen) atoms. The second kappa shape index (κ2) is 5.25. The second-order valence-electron chi connectivity index (χ2n) is 4.74. The summed E-state index contributed by atoms with van der Waals surface area (Å²) in [7, 11) is 1.64. The van der Waals surface area contributed by atoms with Gasteiger partial charge in [0.2, 0.25) is 0 Å². The van der Waals surface area contributed by atoms with E-state index in [0.29, 0.717) is 11.3 Å². The fourth-order valence-electron chi connectivity index (χ4n) is 2.24. The maximum Gasteiger partial charge on any atom is 0.419 e. The Bertz CT molecular complexity index is 735. The van der Waals surface area contributed by atoms with E-state index in [-0.39, 0.29) is 0 Å². The number of nitrogens with zero attached hydrogens (tertiary/aromatic N) is 1. The second-order valence-corrected chi connectivity index (χ2v) is 4.74. The molecular weight excluding hydrogens is 266 g/mol. The molecule has 0 radical (unpaired) electrons. The smallest absolute Gasteiger partial charge is 0.409 e. The number of ether oxygens (including phenoxy) is 1. The first-order chi connectivity index (χ1) is 10.2. The van der Waals surface area contributed by atoms with Crippen molar-refractivity contribution in [3.8, 4) is 0 Å². The van der Waals surface area contributed by atoms with E-state index in [1.54, 1.807) is 31.3 Å². The minimum absolute atomic E-state index is 0.441. The lowest BCUT2D eigenvalue weighted by Gasteiger charge is -2.27. The van der Waals surface area contributed by atoms with Crippen LogP contribution in [-0.4, -0.2) is 19.4 Å². The van der Waals surface area contributed by atoms with Crippen LogP contribution in [0.15, 0.2) is 48.5 Å². The van der Waals surface area contributed by atoms with Gasteiger partial charge in [-0.25, -0.2) is 4.79 Å². The molecule has 0 aromatic heterocycles. The number of carbonyl (C=O) groups is 2. The van der Waals surface area contributed by atoms with Gasteiger partial charge in [0.1, 0.15) is 12.0 Å². The first-order valence-electron chi connectivity index (χ1n) is 6.51. The highest BCUT2D eigenvalue weighted by Crippen LogP contribution is 2.34. The Labute approximate surface area is 122 Å². The molecule has 0 aliphatic carbocycles. The van der Waals surface area contributed by atoms with Crippen LogP contribution in [0.25, 0.3) is 11.8 Å². The molecule has 1 aliphatic heterocycles. The van der Waals surface area contributed by atoms with Crippen molar-refractivity contribution in [2.75, 3.05) is 11.9 Å². The Hall–Kier alpha value is -2.88. The molecule has 1 heterocycles. The van der Waals surface area contributed by atoms with Crippen LogP contribution >= 0.6 is 0 Å². The van der Waals surface area contributed by atoms with Gasteiger partial charge in [-0.1, -0.05) is 30.3 Å². The van der Waals surface area contributed by atoms with Crippen LogP contribution in [0.3, 0.4) is 0 Å². The molecule has 1 aliphatic rings. The highest BCUT2D eigenvalue weighted by molar-refractivity contribution is 6.02. The Morgan fingerprint density at radius 3 is 2.52 bits per heavy atom. The Kier molecular flexibility index (Phi) is 3.28. The number of aldehydes is 1. The number of fused-ring (bicyclic) bond motifs is 1. The number of anilines is 1. The molecule has 0 bridgehead atoms. The molecule has 1 amide bonds. The summed E-state index contributed by atoms with van der Waals surface area (Å²) in [5, 5.41) is 0. The summed E-state index contributed by atoms with van der Waals surface area (Å²) in [6.45, 7) is 0. The Morgan fingerprint density at radius 2 is 1.81 bits per heavy atom. The summed E-state index contributed by atoms with van der Waals surface area (Å²) in [5.41, 5.74) is 2.91. The van der Waals surface area contributed by atoms with Crippen molar-refractivity contribution in [3.63, 3.8) is 0 Å². The molecule has 4 nitrogen and oxygen atoms in total. The van der Waals surface area contributed by atoms with Gasteiger partial charge in [-0.15, -0.1) is 0 Å². The molecule has 0 atom stereocenters. The maximum atomic E-state index is 11.9. The molecule has 2 aromatic carbocycles. The number of benzene rings is 2. The van der Waals surface area contributed by atoms with Crippen LogP contribution in [0.2, 0.25) is 0 Å². The molecule has 0 N–H and O–H groups in total. The predicted molar refractivity (Wildman–Crippen MR) is 81.0 cm³/mol. The van der Waals surface area contributed by atoms with Crippen LogP contribution in [0.1, 0.15) is 21.5 Å². The summed E-state index contributed by atoms with van der Waals surface area (Å²) < 4.78 is 5.36. The summed E-state index contributed by atoms with van der Waals surface area (Å²) in [6.07, 6.45) is 2.12. The van der Waals surface area contributed by atoms with E-state index in [1.807, 2.05) is 30.3 Å². The summed E-state index contributed by atoms with van der Waals surface area (Å²) >= 11 is 0. The van der Waals surface area contributed by atoms with Crippen molar-refractivity contribution in [2.45, 2.75) is 0 Å². The normalized spacial score (nSPS) is 15.6. The van der Waals surface area contributed by atoms with Crippen molar-refractivity contribution in [3.05, 3.63) is 65.2 Å². The molecule has 4 heteroatoms. The van der Waals surface area contributed by atoms with Gasteiger partial charge in [0.25, 0.3) is 0 Å². The number of hydrogen-bond donors (Lipinski definition) is 0. The van der Waals surface area contributed by atoms with E-state index >= 15 is 0 Å². The van der Waals surface area contributed by atoms with Gasteiger partial charge in [-0.3, -0.25) is 9.69 Å². The van der Waals surface area contributed by atoms with Gasteiger partial charge in [0.05, 0.1) is 5.69 Å². The average Bonchev–Trinajstić information content (AvgIpc) is 2.53.